The molecule has 11 heteroatoms. The van der Waals surface area contributed by atoms with E-state index in [0.29, 0.717) is 25.9 Å². The largest absolute Gasteiger partial charge is 0.380 e. The number of nitro groups is 2. The molecule has 0 fully saturated rings. The first-order valence-corrected chi connectivity index (χ1v) is 9.90. The van der Waals surface area contributed by atoms with Crippen LogP contribution < -0.4 is 4.90 Å². The zero-order valence-electron chi connectivity index (χ0n) is 14.8. The first kappa shape index (κ1) is 21.8. The van der Waals surface area contributed by atoms with Crippen LogP contribution in [0.4, 0.5) is 17.1 Å². The number of sulfone groups is 1. The second-order valence-corrected chi connectivity index (χ2v) is 7.72. The van der Waals surface area contributed by atoms with Crippen molar-refractivity contribution >= 4 is 26.9 Å². The van der Waals surface area contributed by atoms with E-state index in [9.17, 15) is 28.6 Å². The van der Waals surface area contributed by atoms with E-state index >= 15 is 0 Å². The summed E-state index contributed by atoms with van der Waals surface area (Å²) >= 11 is 0. The quantitative estimate of drug-likeness (QED) is 0.449. The third kappa shape index (κ3) is 5.11. The Kier molecular flexibility index (Phi) is 7.90. The van der Waals surface area contributed by atoms with E-state index in [1.165, 1.54) is 0 Å². The Bertz CT molecular complexity index is 721. The predicted octanol–water partition coefficient (Wildman–Crippen LogP) is 2.63. The smallest absolute Gasteiger partial charge is 0.300 e. The molecule has 1 rings (SSSR count). The van der Waals surface area contributed by atoms with Crippen molar-refractivity contribution in [3.8, 4) is 0 Å². The maximum Gasteiger partial charge on any atom is 0.300 e. The van der Waals surface area contributed by atoms with Crippen molar-refractivity contribution < 1.29 is 23.4 Å². The second kappa shape index (κ2) is 9.43. The summed E-state index contributed by atoms with van der Waals surface area (Å²) in [6.07, 6.45) is 2.94. The van der Waals surface area contributed by atoms with Crippen molar-refractivity contribution in [1.82, 2.24) is 0 Å². The average Bonchev–Trinajstić information content (AvgIpc) is 2.60. The number of hydrogen-bond donors (Lipinski definition) is 1. The van der Waals surface area contributed by atoms with E-state index in [0.717, 1.165) is 25.0 Å². The van der Waals surface area contributed by atoms with Crippen molar-refractivity contribution in [2.45, 2.75) is 44.4 Å². The molecule has 0 saturated carbocycles. The van der Waals surface area contributed by atoms with Gasteiger partial charge in [0.1, 0.15) is 5.94 Å². The van der Waals surface area contributed by atoms with Crippen LogP contribution in [0.5, 0.6) is 0 Å². The van der Waals surface area contributed by atoms with Crippen molar-refractivity contribution in [1.29, 1.82) is 0 Å². The molecule has 1 N–H and O–H groups in total. The van der Waals surface area contributed by atoms with E-state index in [4.69, 9.17) is 5.11 Å². The Balaban J connectivity index is 3.70. The molecule has 0 aliphatic rings. The fourth-order valence-corrected chi connectivity index (χ4v) is 3.20. The number of aliphatic hydroxyl groups excluding tert-OH is 1. The number of hydrogen-bond acceptors (Lipinski definition) is 8. The van der Waals surface area contributed by atoms with Gasteiger partial charge in [-0.3, -0.25) is 20.2 Å². The Morgan fingerprint density at radius 3 is 1.73 bits per heavy atom. The molecule has 0 unspecified atom stereocenters. The molecule has 0 amide bonds. The lowest BCUT2D eigenvalue weighted by Gasteiger charge is -2.24. The van der Waals surface area contributed by atoms with Crippen LogP contribution in [-0.2, 0) is 9.84 Å². The van der Waals surface area contributed by atoms with Gasteiger partial charge in [-0.2, -0.15) is 0 Å². The molecule has 1 aromatic carbocycles. The normalized spacial score (nSPS) is 11.3. The summed E-state index contributed by atoms with van der Waals surface area (Å²) in [5.41, 5.74) is -1.50. The fraction of sp³-hybridized carbons (Fsp3) is 0.600. The molecule has 146 valence electrons. The maximum absolute atomic E-state index is 11.9. The minimum Gasteiger partial charge on any atom is -0.380 e. The summed E-state index contributed by atoms with van der Waals surface area (Å²) in [4.78, 5) is 22.3. The maximum atomic E-state index is 11.9. The molecule has 10 nitrogen and oxygen atoms in total. The van der Waals surface area contributed by atoms with Gasteiger partial charge in [-0.25, -0.2) is 8.42 Å². The van der Waals surface area contributed by atoms with Crippen LogP contribution in [0, 0.1) is 20.2 Å². The fourth-order valence-electron chi connectivity index (χ4n) is 2.47. The zero-order chi connectivity index (χ0) is 19.9. The summed E-state index contributed by atoms with van der Waals surface area (Å²) in [7, 11) is -4.26. The molecule has 0 spiro atoms. The predicted molar refractivity (Wildman–Crippen MR) is 96.1 cm³/mol. The number of nitro benzene ring substituents is 2. The van der Waals surface area contributed by atoms with Crippen LogP contribution in [0.25, 0.3) is 0 Å². The SMILES string of the molecule is CCCCN(CCCC)c1c([N+](=O)[O-])cc(S(=O)(=O)CO)cc1[N+](=O)[O-]. The summed E-state index contributed by atoms with van der Waals surface area (Å²) in [6.45, 7) is 4.62. The van der Waals surface area contributed by atoms with Gasteiger partial charge in [-0.1, -0.05) is 26.7 Å². The summed E-state index contributed by atoms with van der Waals surface area (Å²) < 4.78 is 23.7. The average molecular weight is 389 g/mol. The monoisotopic (exact) mass is 389 g/mol. The van der Waals surface area contributed by atoms with Crippen molar-refractivity contribution in [3.63, 3.8) is 0 Å². The first-order valence-electron chi connectivity index (χ1n) is 8.24. The van der Waals surface area contributed by atoms with Crippen LogP contribution >= 0.6 is 0 Å². The number of aliphatic hydroxyl groups is 1. The minimum absolute atomic E-state index is 0.196. The van der Waals surface area contributed by atoms with E-state index in [2.05, 4.69) is 0 Å². The van der Waals surface area contributed by atoms with Gasteiger partial charge in [-0.05, 0) is 12.8 Å². The van der Waals surface area contributed by atoms with Crippen LogP contribution in [0.1, 0.15) is 39.5 Å². The Labute approximate surface area is 151 Å². The first-order chi connectivity index (χ1) is 12.2. The molecular formula is C15H23N3O7S. The van der Waals surface area contributed by atoms with E-state index in [1.807, 2.05) is 13.8 Å². The Hall–Kier alpha value is -2.27. The molecule has 0 heterocycles. The highest BCUT2D eigenvalue weighted by atomic mass is 32.2. The molecule has 0 saturated heterocycles. The lowest BCUT2D eigenvalue weighted by Crippen LogP contribution is -2.27. The molecule has 0 aromatic heterocycles. The minimum atomic E-state index is -4.26. The van der Waals surface area contributed by atoms with Crippen molar-refractivity contribution in [2.24, 2.45) is 0 Å². The van der Waals surface area contributed by atoms with Crippen LogP contribution in [0.2, 0.25) is 0 Å². The molecule has 0 aliphatic carbocycles. The van der Waals surface area contributed by atoms with E-state index in [1.54, 1.807) is 4.90 Å². The Morgan fingerprint density at radius 2 is 1.42 bits per heavy atom. The third-order valence-electron chi connectivity index (χ3n) is 3.85. The molecule has 1 aromatic rings. The third-order valence-corrected chi connectivity index (χ3v) is 5.14. The number of anilines is 1. The molecule has 0 aliphatic heterocycles. The molecule has 0 radical (unpaired) electrons. The number of nitrogens with zero attached hydrogens (tertiary/aromatic N) is 3. The lowest BCUT2D eigenvalue weighted by molar-refractivity contribution is -0.393. The highest BCUT2D eigenvalue weighted by Crippen LogP contribution is 2.40. The molecular weight excluding hydrogens is 366 g/mol. The molecule has 26 heavy (non-hydrogen) atoms. The van der Waals surface area contributed by atoms with Gasteiger partial charge < -0.3 is 10.0 Å². The van der Waals surface area contributed by atoms with Gasteiger partial charge in [0.05, 0.1) is 14.7 Å². The van der Waals surface area contributed by atoms with Gasteiger partial charge in [0.15, 0.2) is 5.69 Å². The number of benzene rings is 1. The summed E-state index contributed by atoms with van der Waals surface area (Å²) in [5.74, 6) is -1.30. The van der Waals surface area contributed by atoms with Crippen molar-refractivity contribution in [2.75, 3.05) is 23.9 Å². The van der Waals surface area contributed by atoms with Crippen LogP contribution in [0.3, 0.4) is 0 Å². The highest BCUT2D eigenvalue weighted by molar-refractivity contribution is 7.91. The number of unbranched alkanes of at least 4 members (excludes halogenated alkanes) is 2. The van der Waals surface area contributed by atoms with Gasteiger partial charge in [0.25, 0.3) is 0 Å². The molecule has 0 bridgehead atoms. The van der Waals surface area contributed by atoms with Crippen LogP contribution in [-0.4, -0.2) is 42.4 Å². The zero-order valence-corrected chi connectivity index (χ0v) is 15.6. The van der Waals surface area contributed by atoms with Gasteiger partial charge >= 0.3 is 11.4 Å². The van der Waals surface area contributed by atoms with Crippen molar-refractivity contribution in [3.05, 3.63) is 32.4 Å². The highest BCUT2D eigenvalue weighted by Gasteiger charge is 2.33. The summed E-state index contributed by atoms with van der Waals surface area (Å²) in [5, 5.41) is 32.0. The van der Waals surface area contributed by atoms with Gasteiger partial charge in [0.2, 0.25) is 9.84 Å². The molecule has 0 atom stereocenters. The summed E-state index contributed by atoms with van der Waals surface area (Å²) in [6, 6.07) is 1.55. The van der Waals surface area contributed by atoms with E-state index < -0.39 is 41.9 Å². The van der Waals surface area contributed by atoms with Crippen LogP contribution in [0.15, 0.2) is 17.0 Å². The standard InChI is InChI=1S/C15H23N3O7S/c1-3-5-7-16(8-6-4-2)15-13(17(20)21)9-12(26(24,25)11-19)10-14(15)18(22)23/h9-10,19H,3-8,11H2,1-2H3. The second-order valence-electron chi connectivity index (χ2n) is 5.76. The van der Waals surface area contributed by atoms with Gasteiger partial charge in [0, 0.05) is 25.2 Å². The lowest BCUT2D eigenvalue weighted by atomic mass is 10.1. The van der Waals surface area contributed by atoms with E-state index in [-0.39, 0.29) is 5.69 Å². The Morgan fingerprint density at radius 1 is 1.00 bits per heavy atom. The topological polar surface area (TPSA) is 144 Å². The number of rotatable bonds is 11. The van der Waals surface area contributed by atoms with Gasteiger partial charge in [-0.15, -0.1) is 0 Å².